The highest BCUT2D eigenvalue weighted by molar-refractivity contribution is 7.71. The highest BCUT2D eigenvalue weighted by atomic mass is 32.1. The number of para-hydroxylation sites is 1. The van der Waals surface area contributed by atoms with E-state index in [-0.39, 0.29) is 12.5 Å². The lowest BCUT2D eigenvalue weighted by molar-refractivity contribution is -0.132. The number of hydrogen-bond acceptors (Lipinski definition) is 5. The van der Waals surface area contributed by atoms with Gasteiger partial charge in [-0.3, -0.25) is 14.5 Å². The average Bonchev–Trinajstić information content (AvgIpc) is 3.15. The van der Waals surface area contributed by atoms with Crippen LogP contribution in [0.5, 0.6) is 5.75 Å². The first-order chi connectivity index (χ1) is 14.7. The zero-order valence-corrected chi connectivity index (χ0v) is 17.8. The van der Waals surface area contributed by atoms with Crippen molar-refractivity contribution in [1.82, 2.24) is 19.7 Å². The molecule has 1 N–H and O–H groups in total. The fourth-order valence-electron chi connectivity index (χ4n) is 3.64. The second-order valence-electron chi connectivity index (χ2n) is 7.10. The van der Waals surface area contributed by atoms with Crippen LogP contribution in [0.1, 0.15) is 6.92 Å². The van der Waals surface area contributed by atoms with E-state index >= 15 is 0 Å². The summed E-state index contributed by atoms with van der Waals surface area (Å²) in [5.41, 5.74) is 2.08. The highest BCUT2D eigenvalue weighted by Gasteiger charge is 2.22. The smallest absolute Gasteiger partial charge is 0.242 e. The second kappa shape index (κ2) is 9.13. The number of anilines is 1. The van der Waals surface area contributed by atoms with Gasteiger partial charge in [0.15, 0.2) is 10.6 Å². The molecule has 0 spiro atoms. The number of aromatic amines is 1. The number of carbonyl (C=O) groups excluding carboxylic acids is 1. The van der Waals surface area contributed by atoms with Gasteiger partial charge < -0.3 is 14.5 Å². The van der Waals surface area contributed by atoms with Crippen molar-refractivity contribution in [2.45, 2.75) is 13.5 Å². The summed E-state index contributed by atoms with van der Waals surface area (Å²) in [6.07, 6.45) is 0. The molecule has 8 heteroatoms. The van der Waals surface area contributed by atoms with Crippen LogP contribution in [0.4, 0.5) is 5.69 Å². The van der Waals surface area contributed by atoms with Crippen molar-refractivity contribution >= 4 is 23.8 Å². The van der Waals surface area contributed by atoms with Gasteiger partial charge in [-0.2, -0.15) is 5.10 Å². The third kappa shape index (κ3) is 4.38. The molecule has 1 fully saturated rings. The molecule has 1 aromatic heterocycles. The first-order valence-corrected chi connectivity index (χ1v) is 10.5. The lowest BCUT2D eigenvalue weighted by atomic mass is 10.2. The zero-order valence-electron chi connectivity index (χ0n) is 17.0. The summed E-state index contributed by atoms with van der Waals surface area (Å²) in [5.74, 6) is 1.50. The van der Waals surface area contributed by atoms with Gasteiger partial charge in [0.2, 0.25) is 5.91 Å². The summed E-state index contributed by atoms with van der Waals surface area (Å²) in [7, 11) is 0. The Hall–Kier alpha value is -3.13. The third-order valence-electron chi connectivity index (χ3n) is 5.23. The van der Waals surface area contributed by atoms with E-state index in [1.54, 1.807) is 4.57 Å². The van der Waals surface area contributed by atoms with Crippen molar-refractivity contribution in [3.05, 3.63) is 59.4 Å². The summed E-state index contributed by atoms with van der Waals surface area (Å²) in [5, 5.41) is 7.16. The van der Waals surface area contributed by atoms with E-state index in [1.807, 2.05) is 54.3 Å². The molecular weight excluding hydrogens is 398 g/mol. The van der Waals surface area contributed by atoms with Crippen LogP contribution in [0, 0.1) is 4.77 Å². The Labute approximate surface area is 180 Å². The van der Waals surface area contributed by atoms with Gasteiger partial charge in [-0.15, -0.1) is 0 Å². The predicted molar refractivity (Wildman–Crippen MR) is 119 cm³/mol. The Morgan fingerprint density at radius 1 is 1.07 bits per heavy atom. The summed E-state index contributed by atoms with van der Waals surface area (Å²) in [6.45, 7) is 5.75. The van der Waals surface area contributed by atoms with Crippen LogP contribution < -0.4 is 9.64 Å². The van der Waals surface area contributed by atoms with Crippen LogP contribution in [0.2, 0.25) is 0 Å². The van der Waals surface area contributed by atoms with Gasteiger partial charge in [-0.1, -0.05) is 18.2 Å². The van der Waals surface area contributed by atoms with Crippen LogP contribution in [0.25, 0.3) is 11.4 Å². The number of piperazine rings is 1. The van der Waals surface area contributed by atoms with Crippen molar-refractivity contribution in [3.8, 4) is 17.1 Å². The van der Waals surface area contributed by atoms with Gasteiger partial charge in [-0.25, -0.2) is 0 Å². The van der Waals surface area contributed by atoms with Crippen molar-refractivity contribution in [2.75, 3.05) is 37.7 Å². The summed E-state index contributed by atoms with van der Waals surface area (Å²) in [6, 6.07) is 17.9. The molecule has 0 unspecified atom stereocenters. The summed E-state index contributed by atoms with van der Waals surface area (Å²) >= 11 is 5.38. The van der Waals surface area contributed by atoms with Crippen molar-refractivity contribution in [1.29, 1.82) is 0 Å². The molecular formula is C22H25N5O2S. The fourth-order valence-corrected chi connectivity index (χ4v) is 3.84. The van der Waals surface area contributed by atoms with E-state index in [0.29, 0.717) is 30.3 Å². The molecule has 0 atom stereocenters. The minimum Gasteiger partial charge on any atom is -0.494 e. The normalized spacial score (nSPS) is 14.0. The second-order valence-corrected chi connectivity index (χ2v) is 7.49. The number of benzene rings is 2. The van der Waals surface area contributed by atoms with Gasteiger partial charge >= 0.3 is 0 Å². The number of amides is 1. The number of ether oxygens (including phenoxy) is 1. The first-order valence-electron chi connectivity index (χ1n) is 10.1. The fraction of sp³-hybridized carbons (Fsp3) is 0.318. The third-order valence-corrected chi connectivity index (χ3v) is 5.54. The number of hydrogen-bond donors (Lipinski definition) is 1. The molecule has 30 heavy (non-hydrogen) atoms. The molecule has 0 bridgehead atoms. The molecule has 3 aromatic rings. The molecule has 0 aliphatic carbocycles. The maximum atomic E-state index is 13.0. The molecule has 2 heterocycles. The van der Waals surface area contributed by atoms with E-state index in [0.717, 1.165) is 24.4 Å². The molecule has 1 saturated heterocycles. The molecule has 1 aliphatic rings. The first kappa shape index (κ1) is 20.2. The van der Waals surface area contributed by atoms with Gasteiger partial charge in [-0.05, 0) is 55.5 Å². The summed E-state index contributed by atoms with van der Waals surface area (Å²) < 4.78 is 7.70. The minimum atomic E-state index is 0.0485. The molecule has 4 rings (SSSR count). The number of nitrogens with one attached hydrogen (secondary N) is 1. The topological polar surface area (TPSA) is 66.4 Å². The van der Waals surface area contributed by atoms with E-state index in [9.17, 15) is 4.79 Å². The number of carbonyl (C=O) groups is 1. The molecule has 1 aliphatic heterocycles. The average molecular weight is 424 g/mol. The largest absolute Gasteiger partial charge is 0.494 e. The zero-order chi connectivity index (χ0) is 20.9. The maximum Gasteiger partial charge on any atom is 0.242 e. The van der Waals surface area contributed by atoms with Crippen molar-refractivity contribution in [2.24, 2.45) is 0 Å². The van der Waals surface area contributed by atoms with E-state index in [4.69, 9.17) is 17.0 Å². The quantitative estimate of drug-likeness (QED) is 0.616. The molecule has 1 amide bonds. The monoisotopic (exact) mass is 423 g/mol. The number of H-pyrrole nitrogens is 1. The molecule has 156 valence electrons. The van der Waals surface area contributed by atoms with Gasteiger partial charge in [0.1, 0.15) is 12.3 Å². The number of aromatic nitrogens is 3. The molecule has 0 radical (unpaired) electrons. The highest BCUT2D eigenvalue weighted by Crippen LogP contribution is 2.22. The summed E-state index contributed by atoms with van der Waals surface area (Å²) in [4.78, 5) is 17.2. The SMILES string of the molecule is CCOc1ccc(-c2n[nH]c(=S)n2CC(=O)N2CCN(c3ccccc3)CC2)cc1. The molecule has 7 nitrogen and oxygen atoms in total. The predicted octanol–water partition coefficient (Wildman–Crippen LogP) is 3.36. The lowest BCUT2D eigenvalue weighted by Crippen LogP contribution is -2.49. The lowest BCUT2D eigenvalue weighted by Gasteiger charge is -2.36. The Morgan fingerprint density at radius 2 is 1.77 bits per heavy atom. The Morgan fingerprint density at radius 3 is 2.43 bits per heavy atom. The van der Waals surface area contributed by atoms with Gasteiger partial charge in [0.25, 0.3) is 0 Å². The van der Waals surface area contributed by atoms with Crippen molar-refractivity contribution < 1.29 is 9.53 Å². The van der Waals surface area contributed by atoms with Crippen LogP contribution >= 0.6 is 12.2 Å². The maximum absolute atomic E-state index is 13.0. The van der Waals surface area contributed by atoms with E-state index < -0.39 is 0 Å². The standard InChI is InChI=1S/C22H25N5O2S/c1-2-29-19-10-8-17(9-11-19)21-23-24-22(30)27(21)16-20(28)26-14-12-25(13-15-26)18-6-4-3-5-7-18/h3-11H,2,12-16H2,1H3,(H,24,30). The van der Waals surface area contributed by atoms with Crippen LogP contribution in [-0.2, 0) is 11.3 Å². The number of nitrogens with zero attached hydrogens (tertiary/aromatic N) is 4. The number of rotatable bonds is 6. The van der Waals surface area contributed by atoms with E-state index in [1.165, 1.54) is 5.69 Å². The van der Waals surface area contributed by atoms with E-state index in [2.05, 4.69) is 27.2 Å². The van der Waals surface area contributed by atoms with Crippen LogP contribution in [0.3, 0.4) is 0 Å². The van der Waals surface area contributed by atoms with Crippen LogP contribution in [0.15, 0.2) is 54.6 Å². The molecule has 0 saturated carbocycles. The van der Waals surface area contributed by atoms with Gasteiger partial charge in [0.05, 0.1) is 6.61 Å². The van der Waals surface area contributed by atoms with Crippen molar-refractivity contribution in [3.63, 3.8) is 0 Å². The minimum absolute atomic E-state index is 0.0485. The molecule has 2 aromatic carbocycles. The Kier molecular flexibility index (Phi) is 6.13. The van der Waals surface area contributed by atoms with Crippen LogP contribution in [-0.4, -0.2) is 58.4 Å². The Bertz CT molecular complexity index is 1040. The van der Waals surface area contributed by atoms with Gasteiger partial charge in [0, 0.05) is 37.4 Å². The Balaban J connectivity index is 1.43.